The lowest BCUT2D eigenvalue weighted by Crippen LogP contribution is -2.33. The van der Waals surface area contributed by atoms with Gasteiger partial charge in [-0.1, -0.05) is 23.8 Å². The SMILES string of the molecule is CC1=CC=CC(C)(S(=O)(=O)O)C1. The minimum Gasteiger partial charge on any atom is -0.285 e. The summed E-state index contributed by atoms with van der Waals surface area (Å²) in [5.41, 5.74) is 0.956. The Labute approximate surface area is 72.5 Å². The van der Waals surface area contributed by atoms with Gasteiger partial charge in [-0.2, -0.15) is 8.42 Å². The van der Waals surface area contributed by atoms with E-state index in [2.05, 4.69) is 0 Å². The average Bonchev–Trinajstić information content (AvgIpc) is 1.83. The van der Waals surface area contributed by atoms with Crippen molar-refractivity contribution in [2.45, 2.75) is 25.0 Å². The monoisotopic (exact) mass is 188 g/mol. The largest absolute Gasteiger partial charge is 0.285 e. The van der Waals surface area contributed by atoms with Crippen LogP contribution in [-0.4, -0.2) is 17.7 Å². The molecule has 0 aromatic carbocycles. The Kier molecular flexibility index (Phi) is 2.14. The number of hydrogen-bond donors (Lipinski definition) is 1. The maximum absolute atomic E-state index is 10.9. The first kappa shape index (κ1) is 9.48. The van der Waals surface area contributed by atoms with Gasteiger partial charge in [-0.25, -0.2) is 0 Å². The Balaban J connectivity index is 3.07. The topological polar surface area (TPSA) is 54.4 Å². The van der Waals surface area contributed by atoms with Gasteiger partial charge in [0.15, 0.2) is 0 Å². The van der Waals surface area contributed by atoms with E-state index in [1.54, 1.807) is 6.08 Å². The molecule has 0 aromatic rings. The van der Waals surface area contributed by atoms with Crippen molar-refractivity contribution in [3.63, 3.8) is 0 Å². The number of hydrogen-bond acceptors (Lipinski definition) is 2. The molecule has 1 aliphatic rings. The van der Waals surface area contributed by atoms with Crippen molar-refractivity contribution < 1.29 is 13.0 Å². The summed E-state index contributed by atoms with van der Waals surface area (Å²) in [6.45, 7) is 3.35. The Bertz CT molecular complexity index is 337. The summed E-state index contributed by atoms with van der Waals surface area (Å²) >= 11 is 0. The van der Waals surface area contributed by atoms with E-state index >= 15 is 0 Å². The van der Waals surface area contributed by atoms with Gasteiger partial charge in [0.1, 0.15) is 4.75 Å². The first-order chi connectivity index (χ1) is 5.35. The highest BCUT2D eigenvalue weighted by molar-refractivity contribution is 7.87. The molecule has 0 amide bonds. The minimum absolute atomic E-state index is 0.363. The van der Waals surface area contributed by atoms with E-state index in [1.165, 1.54) is 13.0 Å². The summed E-state index contributed by atoms with van der Waals surface area (Å²) in [7, 11) is -3.99. The van der Waals surface area contributed by atoms with Crippen LogP contribution in [0.25, 0.3) is 0 Å². The Morgan fingerprint density at radius 3 is 2.50 bits per heavy atom. The van der Waals surface area contributed by atoms with E-state index < -0.39 is 14.9 Å². The third-order valence-electron chi connectivity index (χ3n) is 2.05. The van der Waals surface area contributed by atoms with Crippen LogP contribution in [0.15, 0.2) is 23.8 Å². The zero-order chi connectivity index (χ0) is 9.41. The Morgan fingerprint density at radius 2 is 2.17 bits per heavy atom. The molecule has 0 radical (unpaired) electrons. The van der Waals surface area contributed by atoms with Gasteiger partial charge in [0.05, 0.1) is 0 Å². The third kappa shape index (κ3) is 1.59. The van der Waals surface area contributed by atoms with Crippen LogP contribution in [0.5, 0.6) is 0 Å². The fraction of sp³-hybridized carbons (Fsp3) is 0.500. The van der Waals surface area contributed by atoms with Gasteiger partial charge in [0.25, 0.3) is 10.1 Å². The normalized spacial score (nSPS) is 30.1. The fourth-order valence-electron chi connectivity index (χ4n) is 1.26. The molecule has 0 saturated carbocycles. The molecule has 3 nitrogen and oxygen atoms in total. The van der Waals surface area contributed by atoms with Crippen LogP contribution in [-0.2, 0) is 10.1 Å². The second-order valence-electron chi connectivity index (χ2n) is 3.34. The molecule has 1 N–H and O–H groups in total. The summed E-state index contributed by atoms with van der Waals surface area (Å²) in [5, 5.41) is 0. The quantitative estimate of drug-likeness (QED) is 0.635. The molecular formula is C8H12O3S. The Morgan fingerprint density at radius 1 is 1.58 bits per heavy atom. The van der Waals surface area contributed by atoms with Gasteiger partial charge >= 0.3 is 0 Å². The lowest BCUT2D eigenvalue weighted by atomic mass is 9.96. The van der Waals surface area contributed by atoms with Gasteiger partial charge in [-0.05, 0) is 20.3 Å². The van der Waals surface area contributed by atoms with Crippen molar-refractivity contribution in [3.05, 3.63) is 23.8 Å². The lowest BCUT2D eigenvalue weighted by molar-refractivity contribution is 0.450. The van der Waals surface area contributed by atoms with Crippen LogP contribution in [0.2, 0.25) is 0 Å². The highest BCUT2D eigenvalue weighted by Gasteiger charge is 2.36. The summed E-state index contributed by atoms with van der Waals surface area (Å²) in [6, 6.07) is 0. The summed E-state index contributed by atoms with van der Waals surface area (Å²) in [4.78, 5) is 0. The van der Waals surface area contributed by atoms with Gasteiger partial charge in [-0.15, -0.1) is 0 Å². The maximum atomic E-state index is 10.9. The number of allylic oxidation sites excluding steroid dienone is 3. The molecule has 1 aliphatic carbocycles. The van der Waals surface area contributed by atoms with Crippen molar-refractivity contribution >= 4 is 10.1 Å². The molecule has 1 unspecified atom stereocenters. The lowest BCUT2D eigenvalue weighted by Gasteiger charge is -2.24. The molecule has 0 bridgehead atoms. The molecule has 68 valence electrons. The first-order valence-electron chi connectivity index (χ1n) is 3.67. The average molecular weight is 188 g/mol. The standard InChI is InChI=1S/C8H12O3S/c1-7-4-3-5-8(2,6-7)12(9,10)11/h3-5H,6H2,1-2H3,(H,9,10,11). The van der Waals surface area contributed by atoms with Gasteiger partial charge in [0, 0.05) is 0 Å². The summed E-state index contributed by atoms with van der Waals surface area (Å²) < 4.78 is 29.6. The Hall–Kier alpha value is -0.610. The van der Waals surface area contributed by atoms with Crippen molar-refractivity contribution in [2.24, 2.45) is 0 Å². The van der Waals surface area contributed by atoms with Crippen LogP contribution in [0, 0.1) is 0 Å². The highest BCUT2D eigenvalue weighted by Crippen LogP contribution is 2.29. The van der Waals surface area contributed by atoms with Crippen molar-refractivity contribution in [1.82, 2.24) is 0 Å². The highest BCUT2D eigenvalue weighted by atomic mass is 32.2. The van der Waals surface area contributed by atoms with Crippen molar-refractivity contribution in [1.29, 1.82) is 0 Å². The second kappa shape index (κ2) is 2.71. The third-order valence-corrected chi connectivity index (χ3v) is 3.51. The van der Waals surface area contributed by atoms with E-state index in [-0.39, 0.29) is 0 Å². The van der Waals surface area contributed by atoms with E-state index in [4.69, 9.17) is 4.55 Å². The van der Waals surface area contributed by atoms with Crippen LogP contribution >= 0.6 is 0 Å². The zero-order valence-electron chi connectivity index (χ0n) is 7.11. The summed E-state index contributed by atoms with van der Waals surface area (Å²) in [5.74, 6) is 0. The van der Waals surface area contributed by atoms with Crippen molar-refractivity contribution in [2.75, 3.05) is 0 Å². The fourth-order valence-corrected chi connectivity index (χ4v) is 1.93. The predicted molar refractivity (Wildman–Crippen MR) is 47.5 cm³/mol. The minimum atomic E-state index is -3.99. The zero-order valence-corrected chi connectivity index (χ0v) is 7.93. The molecule has 0 aliphatic heterocycles. The molecule has 0 heterocycles. The molecular weight excluding hydrogens is 176 g/mol. The van der Waals surface area contributed by atoms with Crippen LogP contribution < -0.4 is 0 Å². The van der Waals surface area contributed by atoms with E-state index in [9.17, 15) is 8.42 Å². The molecule has 0 fully saturated rings. The van der Waals surface area contributed by atoms with Gasteiger partial charge < -0.3 is 0 Å². The van der Waals surface area contributed by atoms with E-state index in [1.807, 2.05) is 13.0 Å². The van der Waals surface area contributed by atoms with Crippen molar-refractivity contribution in [3.8, 4) is 0 Å². The first-order valence-corrected chi connectivity index (χ1v) is 5.11. The maximum Gasteiger partial charge on any atom is 0.274 e. The van der Waals surface area contributed by atoms with Gasteiger partial charge in [-0.3, -0.25) is 4.55 Å². The van der Waals surface area contributed by atoms with Crippen LogP contribution in [0.3, 0.4) is 0 Å². The molecule has 0 saturated heterocycles. The number of rotatable bonds is 1. The second-order valence-corrected chi connectivity index (χ2v) is 5.22. The van der Waals surface area contributed by atoms with E-state index in [0.29, 0.717) is 6.42 Å². The van der Waals surface area contributed by atoms with Crippen LogP contribution in [0.4, 0.5) is 0 Å². The van der Waals surface area contributed by atoms with Crippen LogP contribution in [0.1, 0.15) is 20.3 Å². The van der Waals surface area contributed by atoms with E-state index in [0.717, 1.165) is 5.57 Å². The smallest absolute Gasteiger partial charge is 0.274 e. The molecule has 1 rings (SSSR count). The van der Waals surface area contributed by atoms with Gasteiger partial charge in [0.2, 0.25) is 0 Å². The summed E-state index contributed by atoms with van der Waals surface area (Å²) in [6.07, 6.45) is 5.37. The molecule has 0 spiro atoms. The molecule has 1 atom stereocenters. The molecule has 0 aromatic heterocycles. The molecule has 12 heavy (non-hydrogen) atoms. The predicted octanol–water partition coefficient (Wildman–Crippen LogP) is 1.54. The molecule has 4 heteroatoms.